The Balaban J connectivity index is 1.86. The molecule has 1 N–H and O–H groups in total. The number of esters is 1. The molecule has 0 aliphatic rings. The van der Waals surface area contributed by atoms with E-state index in [9.17, 15) is 9.59 Å². The van der Waals surface area contributed by atoms with Crippen molar-refractivity contribution >= 4 is 35.4 Å². The van der Waals surface area contributed by atoms with E-state index in [2.05, 4.69) is 15.2 Å². The van der Waals surface area contributed by atoms with Crippen LogP contribution >= 0.6 is 11.6 Å². The van der Waals surface area contributed by atoms with Gasteiger partial charge in [0.2, 0.25) is 0 Å². The lowest BCUT2D eigenvalue weighted by atomic mass is 10.1. The fourth-order valence-electron chi connectivity index (χ4n) is 1.99. The molecule has 0 atom stereocenters. The normalized spacial score (nSPS) is 10.4. The van der Waals surface area contributed by atoms with Crippen molar-refractivity contribution in [3.05, 3.63) is 58.6 Å². The van der Waals surface area contributed by atoms with Crippen LogP contribution in [0.4, 0.5) is 5.69 Å². The summed E-state index contributed by atoms with van der Waals surface area (Å²) in [6.07, 6.45) is 1.00. The van der Waals surface area contributed by atoms with Gasteiger partial charge in [0.25, 0.3) is 5.91 Å². The maximum atomic E-state index is 11.9. The zero-order valence-electron chi connectivity index (χ0n) is 14.2. The first kappa shape index (κ1) is 19.3. The molecule has 0 spiro atoms. The van der Waals surface area contributed by atoms with E-state index in [1.54, 1.807) is 42.5 Å². The minimum atomic E-state index is -0.494. The highest BCUT2D eigenvalue weighted by Crippen LogP contribution is 2.27. The number of oxime groups is 1. The van der Waals surface area contributed by atoms with Gasteiger partial charge in [-0.1, -0.05) is 28.9 Å². The monoisotopic (exact) mass is 376 g/mol. The third-order valence-electron chi connectivity index (χ3n) is 3.27. The Morgan fingerprint density at radius 1 is 1.15 bits per heavy atom. The van der Waals surface area contributed by atoms with Crippen LogP contribution in [-0.2, 0) is 21.0 Å². The number of hydrogen-bond acceptors (Lipinski definition) is 6. The molecule has 0 aliphatic carbocycles. The van der Waals surface area contributed by atoms with Crippen molar-refractivity contribution < 1.29 is 23.9 Å². The Bertz CT molecular complexity index is 806. The molecule has 0 saturated heterocycles. The fraction of sp³-hybridized carbons (Fsp3) is 0.167. The van der Waals surface area contributed by atoms with Gasteiger partial charge in [-0.25, -0.2) is 4.79 Å². The van der Waals surface area contributed by atoms with Gasteiger partial charge in [-0.15, -0.1) is 0 Å². The standard InChI is InChI=1S/C18H17ClN2O5/c1-24-16-8-7-14(19)9-15(16)21-17(22)10-20-26-11-12-3-5-13(6-4-12)18(23)25-2/h3-10H,11H2,1-2H3,(H,21,22). The second-order valence-corrected chi connectivity index (χ2v) is 5.47. The van der Waals surface area contributed by atoms with Crippen LogP contribution in [-0.4, -0.2) is 32.3 Å². The molecular formula is C18H17ClN2O5. The van der Waals surface area contributed by atoms with E-state index >= 15 is 0 Å². The van der Waals surface area contributed by atoms with Gasteiger partial charge >= 0.3 is 5.97 Å². The molecule has 0 saturated carbocycles. The maximum Gasteiger partial charge on any atom is 0.337 e. The van der Waals surface area contributed by atoms with Crippen molar-refractivity contribution in [2.45, 2.75) is 6.61 Å². The van der Waals surface area contributed by atoms with Gasteiger partial charge in [0, 0.05) is 5.02 Å². The minimum Gasteiger partial charge on any atom is -0.495 e. The molecule has 0 fully saturated rings. The number of carbonyl (C=O) groups is 2. The molecule has 0 bridgehead atoms. The van der Waals surface area contributed by atoms with E-state index < -0.39 is 11.9 Å². The average Bonchev–Trinajstić information content (AvgIpc) is 2.65. The summed E-state index contributed by atoms with van der Waals surface area (Å²) >= 11 is 5.90. The molecular weight excluding hydrogens is 360 g/mol. The van der Waals surface area contributed by atoms with Gasteiger partial charge in [0.1, 0.15) is 18.6 Å². The number of benzene rings is 2. The van der Waals surface area contributed by atoms with Crippen LogP contribution in [0.15, 0.2) is 47.6 Å². The number of methoxy groups -OCH3 is 2. The second-order valence-electron chi connectivity index (χ2n) is 5.03. The topological polar surface area (TPSA) is 86.2 Å². The second kappa shape index (κ2) is 9.43. The van der Waals surface area contributed by atoms with Gasteiger partial charge in [-0.3, -0.25) is 4.79 Å². The Hall–Kier alpha value is -3.06. The lowest BCUT2D eigenvalue weighted by Gasteiger charge is -2.08. The molecule has 7 nitrogen and oxygen atoms in total. The van der Waals surface area contributed by atoms with Gasteiger partial charge < -0.3 is 19.6 Å². The SMILES string of the molecule is COC(=O)c1ccc(CON=CC(=O)Nc2cc(Cl)ccc2OC)cc1. The summed E-state index contributed by atoms with van der Waals surface area (Å²) in [5.41, 5.74) is 1.65. The number of nitrogens with one attached hydrogen (secondary N) is 1. The highest BCUT2D eigenvalue weighted by atomic mass is 35.5. The number of anilines is 1. The van der Waals surface area contributed by atoms with E-state index in [1.165, 1.54) is 14.2 Å². The molecule has 8 heteroatoms. The zero-order valence-corrected chi connectivity index (χ0v) is 14.9. The lowest BCUT2D eigenvalue weighted by Crippen LogP contribution is -2.13. The van der Waals surface area contributed by atoms with Crippen LogP contribution in [0.1, 0.15) is 15.9 Å². The molecule has 0 unspecified atom stereocenters. The quantitative estimate of drug-likeness (QED) is 0.455. The number of amides is 1. The number of halogens is 1. The van der Waals surface area contributed by atoms with Crippen LogP contribution in [0, 0.1) is 0 Å². The summed E-state index contributed by atoms with van der Waals surface area (Å²) < 4.78 is 9.76. The highest BCUT2D eigenvalue weighted by Gasteiger charge is 2.07. The third kappa shape index (κ3) is 5.49. The Morgan fingerprint density at radius 3 is 2.54 bits per heavy atom. The molecule has 2 aromatic rings. The summed E-state index contributed by atoms with van der Waals surface area (Å²) in [4.78, 5) is 28.3. The molecule has 0 heterocycles. The first-order valence-electron chi connectivity index (χ1n) is 7.50. The van der Waals surface area contributed by atoms with Crippen LogP contribution in [0.3, 0.4) is 0 Å². The number of hydrogen-bond donors (Lipinski definition) is 1. The third-order valence-corrected chi connectivity index (χ3v) is 3.51. The number of ether oxygens (including phenoxy) is 2. The average molecular weight is 377 g/mol. The summed E-state index contributed by atoms with van der Waals surface area (Å²) in [5.74, 6) is -0.432. The van der Waals surface area contributed by atoms with Gasteiger partial charge in [-0.05, 0) is 35.9 Å². The molecule has 0 aliphatic heterocycles. The summed E-state index contributed by atoms with van der Waals surface area (Å²) in [7, 11) is 2.81. The van der Waals surface area contributed by atoms with Crippen molar-refractivity contribution in [2.24, 2.45) is 5.16 Å². The van der Waals surface area contributed by atoms with Crippen molar-refractivity contribution in [3.8, 4) is 5.75 Å². The molecule has 26 heavy (non-hydrogen) atoms. The van der Waals surface area contributed by atoms with E-state index in [0.29, 0.717) is 22.0 Å². The van der Waals surface area contributed by atoms with Crippen LogP contribution in [0.5, 0.6) is 5.75 Å². The van der Waals surface area contributed by atoms with E-state index in [1.807, 2.05) is 0 Å². The maximum absolute atomic E-state index is 11.9. The van der Waals surface area contributed by atoms with Crippen molar-refractivity contribution in [3.63, 3.8) is 0 Å². The molecule has 0 aromatic heterocycles. The molecule has 0 radical (unpaired) electrons. The minimum absolute atomic E-state index is 0.145. The van der Waals surface area contributed by atoms with E-state index in [4.69, 9.17) is 21.2 Å². The van der Waals surface area contributed by atoms with Crippen LogP contribution in [0.25, 0.3) is 0 Å². The zero-order chi connectivity index (χ0) is 18.9. The van der Waals surface area contributed by atoms with Crippen molar-refractivity contribution in [1.29, 1.82) is 0 Å². The molecule has 2 rings (SSSR count). The van der Waals surface area contributed by atoms with Gasteiger partial charge in [0.15, 0.2) is 0 Å². The first-order valence-corrected chi connectivity index (χ1v) is 7.88. The van der Waals surface area contributed by atoms with Gasteiger partial charge in [-0.2, -0.15) is 0 Å². The number of carbonyl (C=O) groups excluding carboxylic acids is 2. The van der Waals surface area contributed by atoms with E-state index in [0.717, 1.165) is 11.8 Å². The summed E-state index contributed by atoms with van der Waals surface area (Å²) in [5, 5.41) is 6.67. The summed E-state index contributed by atoms with van der Waals surface area (Å²) in [6.45, 7) is 0.145. The fourth-order valence-corrected chi connectivity index (χ4v) is 2.17. The van der Waals surface area contributed by atoms with E-state index in [-0.39, 0.29) is 6.61 Å². The molecule has 2 aromatic carbocycles. The predicted molar refractivity (Wildman–Crippen MR) is 97.7 cm³/mol. The number of nitrogens with zero attached hydrogens (tertiary/aromatic N) is 1. The Labute approximate surface area is 155 Å². The molecule has 1 amide bonds. The van der Waals surface area contributed by atoms with Crippen molar-refractivity contribution in [2.75, 3.05) is 19.5 Å². The van der Waals surface area contributed by atoms with Crippen LogP contribution < -0.4 is 10.1 Å². The summed E-state index contributed by atoms with van der Waals surface area (Å²) in [6, 6.07) is 11.5. The molecule has 136 valence electrons. The van der Waals surface area contributed by atoms with Crippen LogP contribution in [0.2, 0.25) is 5.02 Å². The Morgan fingerprint density at radius 2 is 1.88 bits per heavy atom. The highest BCUT2D eigenvalue weighted by molar-refractivity contribution is 6.33. The smallest absolute Gasteiger partial charge is 0.337 e. The predicted octanol–water partition coefficient (Wildman–Crippen LogP) is 3.28. The largest absolute Gasteiger partial charge is 0.495 e. The lowest BCUT2D eigenvalue weighted by molar-refractivity contribution is -0.110. The number of rotatable bonds is 7. The Kier molecular flexibility index (Phi) is 6.99. The van der Waals surface area contributed by atoms with Gasteiger partial charge in [0.05, 0.1) is 25.5 Å². The van der Waals surface area contributed by atoms with Crippen molar-refractivity contribution in [1.82, 2.24) is 0 Å². The first-order chi connectivity index (χ1) is 12.5.